The van der Waals surface area contributed by atoms with Crippen molar-refractivity contribution in [3.05, 3.63) is 211 Å². The van der Waals surface area contributed by atoms with Crippen LogP contribution in [-0.2, 0) is 0 Å². The summed E-state index contributed by atoms with van der Waals surface area (Å²) in [6, 6.07) is 58.5. The Morgan fingerprint density at radius 2 is 1.02 bits per heavy atom. The van der Waals surface area contributed by atoms with Crippen LogP contribution < -0.4 is 4.90 Å². The van der Waals surface area contributed by atoms with Crippen molar-refractivity contribution in [1.82, 2.24) is 0 Å². The van der Waals surface area contributed by atoms with E-state index in [1.807, 2.05) is 0 Å². The molecule has 0 aromatic heterocycles. The quantitative estimate of drug-likeness (QED) is 0.148. The highest BCUT2D eigenvalue weighted by atomic mass is 15.1. The minimum atomic E-state index is 1.02. The normalized spacial score (nSPS) is 13.9. The molecular formula is C55H43N. The van der Waals surface area contributed by atoms with E-state index in [0.29, 0.717) is 0 Å². The summed E-state index contributed by atoms with van der Waals surface area (Å²) >= 11 is 0. The number of rotatable bonds is 7. The standard InChI is InChI=1S/C55H43N/c1-38-29-31-44(32-30-38)56(45-26-16-25-43(35-45)39-17-6-2-7-18-39)46-33-34-49-52(36-46)47-27-14-15-28-48(47)54-51(41-21-10-4-11-22-41)37-50(40-19-8-3-9-20-40)53(55(49)54)42-23-12-5-13-24-42/h2-10,12,14-21,23,25-37H,11,13,22,24H2,1H3. The van der Waals surface area contributed by atoms with Gasteiger partial charge in [0.05, 0.1) is 0 Å². The molecule has 0 spiro atoms. The van der Waals surface area contributed by atoms with Gasteiger partial charge in [-0.3, -0.25) is 0 Å². The summed E-state index contributed by atoms with van der Waals surface area (Å²) in [5.41, 5.74) is 15.1. The molecule has 268 valence electrons. The number of anilines is 3. The maximum absolute atomic E-state index is 2.52. The predicted molar refractivity (Wildman–Crippen MR) is 242 cm³/mol. The van der Waals surface area contributed by atoms with E-state index in [1.54, 1.807) is 0 Å². The van der Waals surface area contributed by atoms with Crippen molar-refractivity contribution in [2.75, 3.05) is 4.90 Å². The van der Waals surface area contributed by atoms with Gasteiger partial charge in [-0.25, -0.2) is 0 Å². The van der Waals surface area contributed by atoms with Gasteiger partial charge in [-0.15, -0.1) is 0 Å². The first kappa shape index (κ1) is 33.8. The van der Waals surface area contributed by atoms with Gasteiger partial charge in [-0.2, -0.15) is 0 Å². The fraction of sp³-hybridized carbons (Fsp3) is 0.0909. The average Bonchev–Trinajstić information content (AvgIpc) is 3.28. The molecule has 8 aromatic rings. The molecule has 0 fully saturated rings. The Morgan fingerprint density at radius 1 is 0.411 bits per heavy atom. The molecule has 0 aliphatic heterocycles. The number of aryl methyl sites for hydroxylation is 1. The highest BCUT2D eigenvalue weighted by Gasteiger charge is 2.24. The minimum absolute atomic E-state index is 1.02. The topological polar surface area (TPSA) is 3.24 Å². The Bertz CT molecular complexity index is 2890. The van der Waals surface area contributed by atoms with Gasteiger partial charge in [0.1, 0.15) is 0 Å². The second-order valence-corrected chi connectivity index (χ2v) is 15.1. The van der Waals surface area contributed by atoms with Gasteiger partial charge in [0.25, 0.3) is 0 Å². The minimum Gasteiger partial charge on any atom is -0.310 e. The Hall–Kier alpha value is -6.70. The largest absolute Gasteiger partial charge is 0.310 e. The van der Waals surface area contributed by atoms with Gasteiger partial charge in [-0.05, 0) is 152 Å². The molecule has 0 unspecified atom stereocenters. The van der Waals surface area contributed by atoms with Crippen LogP contribution in [0.15, 0.2) is 194 Å². The molecule has 0 heterocycles. The summed E-state index contributed by atoms with van der Waals surface area (Å²) in [6.07, 6.45) is 18.0. The maximum Gasteiger partial charge on any atom is 0.0468 e. The summed E-state index contributed by atoms with van der Waals surface area (Å²) in [6.45, 7) is 2.16. The van der Waals surface area contributed by atoms with Crippen LogP contribution >= 0.6 is 0 Å². The Kier molecular flexibility index (Phi) is 8.77. The molecule has 0 radical (unpaired) electrons. The second kappa shape index (κ2) is 14.5. The van der Waals surface area contributed by atoms with Crippen LogP contribution in [0.3, 0.4) is 0 Å². The SMILES string of the molecule is Cc1ccc(N(c2cccc(-c3ccccc3)c2)c2ccc3c(c2)c2ccccc2c2c(C4=CC=CCC4)cc(-c4ccccc4)c(C4=CC=CCC4)c32)cc1. The van der Waals surface area contributed by atoms with Crippen molar-refractivity contribution in [2.45, 2.75) is 32.6 Å². The molecule has 1 heteroatoms. The van der Waals surface area contributed by atoms with Crippen LogP contribution in [0.25, 0.3) is 65.7 Å². The first-order valence-electron chi connectivity index (χ1n) is 20.0. The lowest BCUT2D eigenvalue weighted by atomic mass is 9.79. The lowest BCUT2D eigenvalue weighted by molar-refractivity contribution is 1.05. The van der Waals surface area contributed by atoms with Gasteiger partial charge in [0.15, 0.2) is 0 Å². The Balaban J connectivity index is 1.31. The summed E-state index contributed by atoms with van der Waals surface area (Å²) in [4.78, 5) is 2.42. The fourth-order valence-electron chi connectivity index (χ4n) is 8.95. The van der Waals surface area contributed by atoms with Gasteiger partial charge in [-0.1, -0.05) is 157 Å². The van der Waals surface area contributed by atoms with Crippen molar-refractivity contribution in [3.8, 4) is 22.3 Å². The van der Waals surface area contributed by atoms with Crippen molar-refractivity contribution in [3.63, 3.8) is 0 Å². The molecule has 0 saturated heterocycles. The highest BCUT2D eigenvalue weighted by Crippen LogP contribution is 2.49. The fourth-order valence-corrected chi connectivity index (χ4v) is 8.95. The third-order valence-electron chi connectivity index (χ3n) is 11.6. The van der Waals surface area contributed by atoms with E-state index < -0.39 is 0 Å². The lowest BCUT2D eigenvalue weighted by Gasteiger charge is -2.28. The maximum atomic E-state index is 2.52. The molecule has 0 N–H and O–H groups in total. The Morgan fingerprint density at radius 3 is 1.73 bits per heavy atom. The van der Waals surface area contributed by atoms with E-state index in [1.165, 1.54) is 82.4 Å². The molecule has 0 amide bonds. The van der Waals surface area contributed by atoms with Crippen molar-refractivity contribution in [2.24, 2.45) is 0 Å². The van der Waals surface area contributed by atoms with Crippen LogP contribution in [0, 0.1) is 6.92 Å². The number of hydrogen-bond donors (Lipinski definition) is 0. The summed E-state index contributed by atoms with van der Waals surface area (Å²) in [5.74, 6) is 0. The van der Waals surface area contributed by atoms with E-state index >= 15 is 0 Å². The van der Waals surface area contributed by atoms with Gasteiger partial charge >= 0.3 is 0 Å². The van der Waals surface area contributed by atoms with E-state index in [-0.39, 0.29) is 0 Å². The van der Waals surface area contributed by atoms with Crippen LogP contribution in [0.5, 0.6) is 0 Å². The zero-order valence-corrected chi connectivity index (χ0v) is 31.8. The molecule has 56 heavy (non-hydrogen) atoms. The summed E-state index contributed by atoms with van der Waals surface area (Å²) in [7, 11) is 0. The van der Waals surface area contributed by atoms with Gasteiger partial charge in [0, 0.05) is 17.1 Å². The molecule has 8 aromatic carbocycles. The van der Waals surface area contributed by atoms with Crippen LogP contribution in [0.1, 0.15) is 42.4 Å². The third kappa shape index (κ3) is 6.06. The number of benzene rings is 8. The third-order valence-corrected chi connectivity index (χ3v) is 11.6. The zero-order chi connectivity index (χ0) is 37.4. The molecule has 0 bridgehead atoms. The van der Waals surface area contributed by atoms with Crippen LogP contribution in [0.2, 0.25) is 0 Å². The summed E-state index contributed by atoms with van der Waals surface area (Å²) < 4.78 is 0. The molecule has 0 atom stereocenters. The number of fused-ring (bicyclic) bond motifs is 6. The van der Waals surface area contributed by atoms with Crippen molar-refractivity contribution in [1.29, 1.82) is 0 Å². The van der Waals surface area contributed by atoms with Crippen LogP contribution in [-0.4, -0.2) is 0 Å². The average molecular weight is 718 g/mol. The van der Waals surface area contributed by atoms with E-state index in [4.69, 9.17) is 0 Å². The van der Waals surface area contributed by atoms with Gasteiger partial charge in [0.2, 0.25) is 0 Å². The molecule has 2 aliphatic rings. The zero-order valence-electron chi connectivity index (χ0n) is 31.8. The van der Waals surface area contributed by atoms with E-state index in [0.717, 1.165) is 42.7 Å². The number of allylic oxidation sites excluding steroid dienone is 8. The summed E-state index contributed by atoms with van der Waals surface area (Å²) in [5, 5.41) is 7.86. The monoisotopic (exact) mass is 717 g/mol. The lowest BCUT2D eigenvalue weighted by Crippen LogP contribution is -2.10. The van der Waals surface area contributed by atoms with E-state index in [9.17, 15) is 0 Å². The van der Waals surface area contributed by atoms with Crippen molar-refractivity contribution < 1.29 is 0 Å². The molecule has 10 rings (SSSR count). The smallest absolute Gasteiger partial charge is 0.0468 e. The number of nitrogens with zero attached hydrogens (tertiary/aromatic N) is 1. The van der Waals surface area contributed by atoms with Crippen molar-refractivity contribution >= 4 is 60.5 Å². The molecular weight excluding hydrogens is 675 g/mol. The van der Waals surface area contributed by atoms with Gasteiger partial charge < -0.3 is 4.90 Å². The second-order valence-electron chi connectivity index (χ2n) is 15.1. The first-order chi connectivity index (χ1) is 27.7. The predicted octanol–water partition coefficient (Wildman–Crippen LogP) is 15.7. The molecule has 2 aliphatic carbocycles. The number of hydrogen-bond acceptors (Lipinski definition) is 1. The van der Waals surface area contributed by atoms with Crippen LogP contribution in [0.4, 0.5) is 17.1 Å². The first-order valence-corrected chi connectivity index (χ1v) is 20.0. The highest BCUT2D eigenvalue weighted by molar-refractivity contribution is 6.31. The Labute approximate surface area is 329 Å². The van der Waals surface area contributed by atoms with E-state index in [2.05, 4.69) is 206 Å². The molecule has 0 saturated carbocycles. The molecule has 1 nitrogen and oxygen atoms in total.